The molecule has 0 radical (unpaired) electrons. The topological polar surface area (TPSA) is 106 Å². The highest BCUT2D eigenvalue weighted by Gasteiger charge is 2.39. The van der Waals surface area contributed by atoms with E-state index in [0.29, 0.717) is 0 Å². The Morgan fingerprint density at radius 1 is 1.29 bits per heavy atom. The van der Waals surface area contributed by atoms with Gasteiger partial charge in [0, 0.05) is 0 Å². The maximum absolute atomic E-state index is 12.4. The molecule has 0 amide bonds. The lowest BCUT2D eigenvalue weighted by Crippen LogP contribution is -2.23. The Kier molecular flexibility index (Phi) is 4.27. The number of hydrogen-bond donors (Lipinski definition) is 1. The van der Waals surface area contributed by atoms with Crippen LogP contribution in [0.25, 0.3) is 0 Å². The molecule has 1 saturated heterocycles. The minimum atomic E-state index is -4.05. The molecule has 1 aromatic rings. The Morgan fingerprint density at radius 2 is 1.90 bits per heavy atom. The second kappa shape index (κ2) is 5.42. The summed E-state index contributed by atoms with van der Waals surface area (Å²) < 4.78 is 47.7. The SMILES string of the molecule is O=C(O)c1c(Cl)ccc(S(=O)(=O)C2CCS(=O)(=O)C2)c1Cl. The van der Waals surface area contributed by atoms with Crippen molar-refractivity contribution in [3.8, 4) is 0 Å². The fourth-order valence-corrected chi connectivity index (χ4v) is 7.42. The monoisotopic (exact) mass is 372 g/mol. The van der Waals surface area contributed by atoms with E-state index in [4.69, 9.17) is 28.3 Å². The number of benzene rings is 1. The van der Waals surface area contributed by atoms with Crippen molar-refractivity contribution < 1.29 is 26.7 Å². The number of carboxylic acid groups (broad SMARTS) is 1. The first-order chi connectivity index (χ1) is 9.56. The summed E-state index contributed by atoms with van der Waals surface area (Å²) in [4.78, 5) is 10.7. The quantitative estimate of drug-likeness (QED) is 0.864. The number of carbonyl (C=O) groups is 1. The lowest BCUT2D eigenvalue weighted by Gasteiger charge is -2.13. The summed E-state index contributed by atoms with van der Waals surface area (Å²) in [6.07, 6.45) is -0.0357. The van der Waals surface area contributed by atoms with E-state index >= 15 is 0 Å². The van der Waals surface area contributed by atoms with E-state index in [1.807, 2.05) is 0 Å². The van der Waals surface area contributed by atoms with E-state index in [0.717, 1.165) is 12.1 Å². The van der Waals surface area contributed by atoms with Gasteiger partial charge in [-0.2, -0.15) is 0 Å². The number of halogens is 2. The summed E-state index contributed by atoms with van der Waals surface area (Å²) in [6, 6.07) is 2.21. The van der Waals surface area contributed by atoms with Crippen molar-refractivity contribution in [3.63, 3.8) is 0 Å². The third-order valence-corrected chi connectivity index (χ3v) is 8.24. The summed E-state index contributed by atoms with van der Waals surface area (Å²) >= 11 is 11.5. The van der Waals surface area contributed by atoms with E-state index in [-0.39, 0.29) is 17.2 Å². The number of sulfone groups is 2. The highest BCUT2D eigenvalue weighted by atomic mass is 35.5. The molecule has 21 heavy (non-hydrogen) atoms. The molecule has 1 atom stereocenters. The fourth-order valence-electron chi connectivity index (χ4n) is 2.13. The van der Waals surface area contributed by atoms with E-state index < -0.39 is 52.1 Å². The van der Waals surface area contributed by atoms with Gasteiger partial charge in [0.25, 0.3) is 0 Å². The first kappa shape index (κ1) is 16.5. The van der Waals surface area contributed by atoms with Crippen LogP contribution in [0.3, 0.4) is 0 Å². The van der Waals surface area contributed by atoms with E-state index in [2.05, 4.69) is 0 Å². The highest BCUT2D eigenvalue weighted by Crippen LogP contribution is 2.35. The molecule has 10 heteroatoms. The van der Waals surface area contributed by atoms with Crippen molar-refractivity contribution in [2.45, 2.75) is 16.6 Å². The Hall–Kier alpha value is -0.830. The van der Waals surface area contributed by atoms with Crippen LogP contribution in [0.1, 0.15) is 16.8 Å². The number of rotatable bonds is 3. The van der Waals surface area contributed by atoms with Crippen molar-refractivity contribution in [1.29, 1.82) is 0 Å². The maximum atomic E-state index is 12.4. The molecular weight excluding hydrogens is 363 g/mol. The minimum absolute atomic E-state index is 0.0357. The molecule has 1 heterocycles. The summed E-state index contributed by atoms with van der Waals surface area (Å²) in [5.41, 5.74) is -0.514. The van der Waals surface area contributed by atoms with Crippen molar-refractivity contribution in [3.05, 3.63) is 27.7 Å². The molecule has 0 aliphatic carbocycles. The smallest absolute Gasteiger partial charge is 0.338 e. The van der Waals surface area contributed by atoms with Crippen LogP contribution in [0.2, 0.25) is 10.0 Å². The van der Waals surface area contributed by atoms with Crippen LogP contribution in [0.4, 0.5) is 0 Å². The van der Waals surface area contributed by atoms with Gasteiger partial charge in [-0.05, 0) is 18.6 Å². The molecule has 1 aliphatic rings. The van der Waals surface area contributed by atoms with Crippen LogP contribution in [0.5, 0.6) is 0 Å². The molecule has 0 bridgehead atoms. The molecule has 0 spiro atoms. The fraction of sp³-hybridized carbons (Fsp3) is 0.364. The van der Waals surface area contributed by atoms with Gasteiger partial charge < -0.3 is 5.11 Å². The van der Waals surface area contributed by atoms with Crippen LogP contribution in [-0.4, -0.2) is 44.7 Å². The third-order valence-electron chi connectivity index (χ3n) is 3.21. The Morgan fingerprint density at radius 3 is 2.38 bits per heavy atom. The van der Waals surface area contributed by atoms with E-state index in [1.54, 1.807) is 0 Å². The minimum Gasteiger partial charge on any atom is -0.478 e. The molecule has 1 fully saturated rings. The first-order valence-electron chi connectivity index (χ1n) is 5.72. The van der Waals surface area contributed by atoms with Gasteiger partial charge >= 0.3 is 5.97 Å². The molecular formula is C11H10Cl2O6S2. The van der Waals surface area contributed by atoms with Gasteiger partial charge in [-0.25, -0.2) is 21.6 Å². The van der Waals surface area contributed by atoms with Gasteiger partial charge in [-0.3, -0.25) is 0 Å². The van der Waals surface area contributed by atoms with Crippen LogP contribution >= 0.6 is 23.2 Å². The summed E-state index contributed by atoms with van der Waals surface area (Å²) in [7, 11) is -7.44. The Labute approximate surface area is 131 Å². The molecule has 116 valence electrons. The molecule has 1 aromatic carbocycles. The highest BCUT2D eigenvalue weighted by molar-refractivity contribution is 7.96. The van der Waals surface area contributed by atoms with Gasteiger partial charge in [0.2, 0.25) is 0 Å². The van der Waals surface area contributed by atoms with Crippen LogP contribution in [0, 0.1) is 0 Å². The molecule has 1 N–H and O–H groups in total. The zero-order valence-electron chi connectivity index (χ0n) is 10.4. The maximum Gasteiger partial charge on any atom is 0.338 e. The predicted octanol–water partition coefficient (Wildman–Crippen LogP) is 1.65. The van der Waals surface area contributed by atoms with E-state index in [1.165, 1.54) is 0 Å². The standard InChI is InChI=1S/C11H10Cl2O6S2/c12-7-1-2-8(10(13)9(7)11(14)15)21(18,19)6-3-4-20(16,17)5-6/h1-2,6H,3-5H2,(H,14,15). The average Bonchev–Trinajstić information content (AvgIpc) is 2.69. The summed E-state index contributed by atoms with van der Waals surface area (Å²) in [6.45, 7) is 0. The van der Waals surface area contributed by atoms with Crippen molar-refractivity contribution in [2.75, 3.05) is 11.5 Å². The number of aromatic carboxylic acids is 1. The first-order valence-corrected chi connectivity index (χ1v) is 9.84. The van der Waals surface area contributed by atoms with Crippen molar-refractivity contribution >= 4 is 48.8 Å². The molecule has 0 aromatic heterocycles. The summed E-state index contributed by atoms with van der Waals surface area (Å²) in [5, 5.41) is 7.21. The predicted molar refractivity (Wildman–Crippen MR) is 77.7 cm³/mol. The zero-order valence-corrected chi connectivity index (χ0v) is 13.6. The normalized spacial score (nSPS) is 21.3. The molecule has 1 unspecified atom stereocenters. The van der Waals surface area contributed by atoms with Crippen LogP contribution in [0.15, 0.2) is 17.0 Å². The largest absolute Gasteiger partial charge is 0.478 e. The number of carboxylic acids is 1. The third kappa shape index (κ3) is 3.03. The van der Waals surface area contributed by atoms with Gasteiger partial charge in [-0.15, -0.1) is 0 Å². The van der Waals surface area contributed by atoms with Gasteiger partial charge in [0.15, 0.2) is 19.7 Å². The average molecular weight is 373 g/mol. The van der Waals surface area contributed by atoms with Crippen LogP contribution < -0.4 is 0 Å². The lowest BCUT2D eigenvalue weighted by molar-refractivity contribution is 0.0697. The van der Waals surface area contributed by atoms with E-state index in [9.17, 15) is 21.6 Å². The molecule has 6 nitrogen and oxygen atoms in total. The molecule has 2 rings (SSSR count). The van der Waals surface area contributed by atoms with Gasteiger partial charge in [0.05, 0.1) is 37.3 Å². The Balaban J connectivity index is 2.57. The second-order valence-corrected chi connectivity index (χ2v) is 9.82. The second-order valence-electron chi connectivity index (χ2n) is 4.61. The van der Waals surface area contributed by atoms with Gasteiger partial charge in [-0.1, -0.05) is 23.2 Å². The van der Waals surface area contributed by atoms with Gasteiger partial charge in [0.1, 0.15) is 0 Å². The number of hydrogen-bond acceptors (Lipinski definition) is 5. The van der Waals surface area contributed by atoms with Crippen LogP contribution in [-0.2, 0) is 19.7 Å². The summed E-state index contributed by atoms with van der Waals surface area (Å²) in [5.74, 6) is -2.16. The van der Waals surface area contributed by atoms with Crippen molar-refractivity contribution in [1.82, 2.24) is 0 Å². The lowest BCUT2D eigenvalue weighted by atomic mass is 10.2. The Bertz CT molecular complexity index is 813. The zero-order chi connectivity index (χ0) is 16.0. The molecule has 0 saturated carbocycles. The van der Waals surface area contributed by atoms with Crippen molar-refractivity contribution in [2.24, 2.45) is 0 Å². The molecule has 1 aliphatic heterocycles.